The minimum atomic E-state index is -0.872. The SMILES string of the molecule is CC(Cc1ccccc1-c1c(F)cc(F)cc1F)P(C1CCCCC1)C1CCCCC1. The molecule has 0 N–H and O–H groups in total. The van der Waals surface area contributed by atoms with Gasteiger partial charge in [0.25, 0.3) is 0 Å². The fraction of sp³-hybridized carbons (Fsp3) is 0.556. The highest BCUT2D eigenvalue weighted by molar-refractivity contribution is 7.59. The Balaban J connectivity index is 1.63. The van der Waals surface area contributed by atoms with Gasteiger partial charge >= 0.3 is 0 Å². The van der Waals surface area contributed by atoms with Crippen LogP contribution in [0.3, 0.4) is 0 Å². The van der Waals surface area contributed by atoms with Crippen LogP contribution in [0.2, 0.25) is 0 Å². The van der Waals surface area contributed by atoms with Crippen LogP contribution in [0.4, 0.5) is 13.2 Å². The first kappa shape index (κ1) is 22.8. The van der Waals surface area contributed by atoms with Gasteiger partial charge in [-0.25, -0.2) is 13.2 Å². The van der Waals surface area contributed by atoms with Crippen molar-refractivity contribution in [3.63, 3.8) is 0 Å². The van der Waals surface area contributed by atoms with Crippen LogP contribution in [0.15, 0.2) is 36.4 Å². The Morgan fingerprint density at radius 2 is 1.32 bits per heavy atom. The average molecular weight is 447 g/mol. The molecular formula is C27H34F3P. The highest BCUT2D eigenvalue weighted by Crippen LogP contribution is 2.59. The Hall–Kier alpha value is -1.34. The third kappa shape index (κ3) is 5.36. The lowest BCUT2D eigenvalue weighted by Gasteiger charge is -2.42. The first-order valence-electron chi connectivity index (χ1n) is 12.0. The van der Waals surface area contributed by atoms with Gasteiger partial charge in [-0.05, 0) is 60.2 Å². The molecule has 2 saturated carbocycles. The van der Waals surface area contributed by atoms with E-state index in [9.17, 15) is 13.2 Å². The van der Waals surface area contributed by atoms with E-state index in [2.05, 4.69) is 6.92 Å². The molecule has 2 fully saturated rings. The summed E-state index contributed by atoms with van der Waals surface area (Å²) in [5.74, 6) is -2.51. The van der Waals surface area contributed by atoms with Crippen molar-refractivity contribution in [1.82, 2.24) is 0 Å². The molecular weight excluding hydrogens is 412 g/mol. The van der Waals surface area contributed by atoms with Crippen LogP contribution in [0.25, 0.3) is 11.1 Å². The first-order valence-corrected chi connectivity index (χ1v) is 13.6. The normalized spacial score (nSPS) is 19.6. The Bertz CT molecular complexity index is 828. The predicted molar refractivity (Wildman–Crippen MR) is 126 cm³/mol. The minimum Gasteiger partial charge on any atom is -0.207 e. The molecule has 0 saturated heterocycles. The third-order valence-corrected chi connectivity index (χ3v) is 11.2. The van der Waals surface area contributed by atoms with Crippen LogP contribution in [0.5, 0.6) is 0 Å². The summed E-state index contributed by atoms with van der Waals surface area (Å²) in [6, 6.07) is 9.13. The number of hydrogen-bond donors (Lipinski definition) is 0. The molecule has 4 heteroatoms. The Labute approximate surface area is 186 Å². The zero-order chi connectivity index (χ0) is 21.8. The molecule has 2 aromatic carbocycles. The molecule has 0 spiro atoms. The molecule has 0 aromatic heterocycles. The van der Waals surface area contributed by atoms with E-state index in [1.807, 2.05) is 18.2 Å². The summed E-state index contributed by atoms with van der Waals surface area (Å²) in [5, 5.41) is 0. The molecule has 0 radical (unpaired) electrons. The molecule has 2 aliphatic rings. The van der Waals surface area contributed by atoms with Gasteiger partial charge < -0.3 is 0 Å². The van der Waals surface area contributed by atoms with Crippen LogP contribution in [-0.2, 0) is 6.42 Å². The van der Waals surface area contributed by atoms with Gasteiger partial charge in [0.1, 0.15) is 17.5 Å². The van der Waals surface area contributed by atoms with E-state index in [4.69, 9.17) is 0 Å². The van der Waals surface area contributed by atoms with Crippen molar-refractivity contribution in [2.24, 2.45) is 0 Å². The predicted octanol–water partition coefficient (Wildman–Crippen LogP) is 8.85. The van der Waals surface area contributed by atoms with E-state index in [1.54, 1.807) is 6.07 Å². The van der Waals surface area contributed by atoms with Crippen LogP contribution in [0, 0.1) is 17.5 Å². The number of hydrogen-bond acceptors (Lipinski definition) is 0. The van der Waals surface area contributed by atoms with Gasteiger partial charge in [0.2, 0.25) is 0 Å². The third-order valence-electron chi connectivity index (χ3n) is 7.31. The van der Waals surface area contributed by atoms with E-state index in [-0.39, 0.29) is 13.5 Å². The van der Waals surface area contributed by atoms with Crippen molar-refractivity contribution in [2.45, 2.75) is 94.5 Å². The van der Waals surface area contributed by atoms with E-state index in [0.29, 0.717) is 11.2 Å². The van der Waals surface area contributed by atoms with Crippen LogP contribution in [-0.4, -0.2) is 17.0 Å². The van der Waals surface area contributed by atoms with Gasteiger partial charge in [-0.3, -0.25) is 0 Å². The second kappa shape index (κ2) is 10.5. The first-order chi connectivity index (χ1) is 15.0. The number of rotatable bonds is 6. The molecule has 1 atom stereocenters. The van der Waals surface area contributed by atoms with Gasteiger partial charge in [0.05, 0.1) is 5.56 Å². The zero-order valence-corrected chi connectivity index (χ0v) is 19.4. The van der Waals surface area contributed by atoms with Crippen LogP contribution >= 0.6 is 7.92 Å². The van der Waals surface area contributed by atoms with Gasteiger partial charge in [-0.15, -0.1) is 0 Å². The second-order valence-electron chi connectivity index (χ2n) is 9.49. The highest BCUT2D eigenvalue weighted by atomic mass is 31.1. The fourth-order valence-corrected chi connectivity index (χ4v) is 10.3. The summed E-state index contributed by atoms with van der Waals surface area (Å²) < 4.78 is 42.6. The molecule has 0 amide bonds. The second-order valence-corrected chi connectivity index (χ2v) is 12.7. The molecule has 2 aliphatic carbocycles. The molecule has 1 unspecified atom stereocenters. The van der Waals surface area contributed by atoms with E-state index in [0.717, 1.165) is 35.4 Å². The summed E-state index contributed by atoms with van der Waals surface area (Å²) in [7, 11) is -0.131. The highest BCUT2D eigenvalue weighted by Gasteiger charge is 2.34. The lowest BCUT2D eigenvalue weighted by molar-refractivity contribution is 0.481. The Morgan fingerprint density at radius 3 is 1.87 bits per heavy atom. The van der Waals surface area contributed by atoms with E-state index < -0.39 is 17.5 Å². The van der Waals surface area contributed by atoms with Crippen molar-refractivity contribution < 1.29 is 13.2 Å². The molecule has 0 bridgehead atoms. The van der Waals surface area contributed by atoms with Crippen molar-refractivity contribution in [3.05, 3.63) is 59.4 Å². The summed E-state index contributed by atoms with van der Waals surface area (Å²) in [6.07, 6.45) is 14.4. The monoisotopic (exact) mass is 446 g/mol. The maximum atomic E-state index is 14.6. The average Bonchev–Trinajstić information content (AvgIpc) is 2.76. The zero-order valence-electron chi connectivity index (χ0n) is 18.6. The lowest BCUT2D eigenvalue weighted by atomic mass is 9.96. The van der Waals surface area contributed by atoms with E-state index in [1.165, 1.54) is 64.2 Å². The van der Waals surface area contributed by atoms with Gasteiger partial charge in [0.15, 0.2) is 0 Å². The quantitative estimate of drug-likeness (QED) is 0.389. The largest absolute Gasteiger partial charge is 0.207 e. The standard InChI is InChI=1S/C27H34F3P/c1-19(31(22-11-4-2-5-12-22)23-13-6-3-7-14-23)16-20-10-8-9-15-24(20)27-25(29)17-21(28)18-26(27)30/h8-10,15,17-19,22-23H,2-7,11-14,16H2,1H3. The summed E-state index contributed by atoms with van der Waals surface area (Å²) in [5.41, 5.74) is 3.67. The molecule has 2 aromatic rings. The fourth-order valence-electron chi connectivity index (χ4n) is 5.94. The van der Waals surface area contributed by atoms with Crippen LogP contribution in [0.1, 0.15) is 76.7 Å². The molecule has 31 heavy (non-hydrogen) atoms. The molecule has 0 heterocycles. The molecule has 4 rings (SSSR count). The molecule has 168 valence electrons. The van der Waals surface area contributed by atoms with Gasteiger partial charge in [-0.1, -0.05) is 77.6 Å². The lowest BCUT2D eigenvalue weighted by Crippen LogP contribution is -2.26. The number of benzene rings is 2. The van der Waals surface area contributed by atoms with Crippen LogP contribution < -0.4 is 0 Å². The molecule has 0 aliphatic heterocycles. The van der Waals surface area contributed by atoms with Gasteiger partial charge in [0, 0.05) is 12.1 Å². The topological polar surface area (TPSA) is 0 Å². The Morgan fingerprint density at radius 1 is 0.806 bits per heavy atom. The smallest absolute Gasteiger partial charge is 0.136 e. The number of halogens is 3. The van der Waals surface area contributed by atoms with Crippen molar-refractivity contribution in [3.8, 4) is 11.1 Å². The van der Waals surface area contributed by atoms with Crippen molar-refractivity contribution in [2.75, 3.05) is 0 Å². The molecule has 0 nitrogen and oxygen atoms in total. The summed E-state index contributed by atoms with van der Waals surface area (Å²) in [6.45, 7) is 2.38. The van der Waals surface area contributed by atoms with Crippen molar-refractivity contribution >= 4 is 7.92 Å². The summed E-state index contributed by atoms with van der Waals surface area (Å²) >= 11 is 0. The Kier molecular flexibility index (Phi) is 7.75. The maximum Gasteiger partial charge on any atom is 0.136 e. The summed E-state index contributed by atoms with van der Waals surface area (Å²) in [4.78, 5) is 0. The minimum absolute atomic E-state index is 0.0936. The maximum absolute atomic E-state index is 14.6. The van der Waals surface area contributed by atoms with E-state index >= 15 is 0 Å². The van der Waals surface area contributed by atoms with Gasteiger partial charge in [-0.2, -0.15) is 0 Å². The van der Waals surface area contributed by atoms with Crippen molar-refractivity contribution in [1.29, 1.82) is 0 Å².